The minimum absolute atomic E-state index is 0.0233. The summed E-state index contributed by atoms with van der Waals surface area (Å²) in [5.74, 6) is -4.80. The lowest BCUT2D eigenvalue weighted by Crippen LogP contribution is -2.59. The molecular weight excluding hydrogens is 538 g/mol. The molecule has 2 rings (SSSR count). The van der Waals surface area contributed by atoms with Crippen LogP contribution in [0, 0.1) is 0 Å². The van der Waals surface area contributed by atoms with Gasteiger partial charge in [0, 0.05) is 19.3 Å². The molecule has 0 heterocycles. The third kappa shape index (κ3) is 10.8. The highest BCUT2D eigenvalue weighted by molar-refractivity contribution is 5.94. The van der Waals surface area contributed by atoms with Gasteiger partial charge in [-0.15, -0.1) is 0 Å². The van der Waals surface area contributed by atoms with Crippen molar-refractivity contribution in [3.8, 4) is 11.5 Å². The van der Waals surface area contributed by atoms with E-state index in [9.17, 15) is 44.4 Å². The molecule has 0 aromatic heterocycles. The van der Waals surface area contributed by atoms with Gasteiger partial charge in [-0.25, -0.2) is 4.79 Å². The topological polar surface area (TPSA) is 254 Å². The number of benzene rings is 2. The summed E-state index contributed by atoms with van der Waals surface area (Å²) in [5, 5.41) is 45.7. The van der Waals surface area contributed by atoms with Crippen molar-refractivity contribution in [3.05, 3.63) is 59.7 Å². The molecule has 0 bridgehead atoms. The molecule has 5 atom stereocenters. The molecule has 14 heteroatoms. The van der Waals surface area contributed by atoms with Gasteiger partial charge in [-0.2, -0.15) is 0 Å². The van der Waals surface area contributed by atoms with Gasteiger partial charge in [0.1, 0.15) is 35.7 Å². The first-order chi connectivity index (χ1) is 19.3. The monoisotopic (exact) mass is 573 g/mol. The number of carbonyl (C=O) groups is 5. The van der Waals surface area contributed by atoms with E-state index in [1.54, 1.807) is 0 Å². The number of aromatic hydroxyl groups is 2. The highest BCUT2D eigenvalue weighted by Gasteiger charge is 2.31. The smallest absolute Gasteiger partial charge is 0.326 e. The van der Waals surface area contributed by atoms with Gasteiger partial charge in [0.15, 0.2) is 0 Å². The molecule has 0 saturated heterocycles. The lowest BCUT2D eigenvalue weighted by molar-refractivity contribution is -0.142. The molecule has 0 radical (unpaired) electrons. The number of rotatable bonds is 15. The number of phenolic OH excluding ortho intramolecular Hbond substituents is 2. The first-order valence-corrected chi connectivity index (χ1v) is 12.7. The number of carbonyl (C=O) groups excluding carboxylic acids is 4. The molecule has 14 nitrogen and oxygen atoms in total. The minimum atomic E-state index is -1.48. The molecule has 0 fully saturated rings. The second-order valence-electron chi connectivity index (χ2n) is 9.53. The summed E-state index contributed by atoms with van der Waals surface area (Å²) in [6.45, 7) is 1.30. The van der Waals surface area contributed by atoms with Crippen LogP contribution >= 0.6 is 0 Å². The summed E-state index contributed by atoms with van der Waals surface area (Å²) in [4.78, 5) is 62.1. The number of aliphatic hydroxyl groups is 1. The lowest BCUT2D eigenvalue weighted by atomic mass is 10.0. The van der Waals surface area contributed by atoms with Crippen molar-refractivity contribution in [2.45, 2.75) is 62.9 Å². The Morgan fingerprint density at radius 2 is 1.12 bits per heavy atom. The zero-order chi connectivity index (χ0) is 30.7. The summed E-state index contributed by atoms with van der Waals surface area (Å²) in [6, 6.07) is 6.05. The number of nitrogens with one attached hydrogen (secondary N) is 3. The molecule has 0 spiro atoms. The van der Waals surface area contributed by atoms with Crippen LogP contribution < -0.4 is 27.4 Å². The first-order valence-electron chi connectivity index (χ1n) is 12.7. The number of nitrogens with two attached hydrogens (primary N) is 2. The third-order valence-corrected chi connectivity index (χ3v) is 6.13. The molecule has 0 aliphatic heterocycles. The number of carboxylic acids is 1. The fourth-order valence-corrected chi connectivity index (χ4v) is 3.73. The number of phenols is 2. The molecule has 2 aromatic rings. The molecule has 5 unspecified atom stereocenters. The molecule has 0 aliphatic carbocycles. The summed E-state index contributed by atoms with van der Waals surface area (Å²) in [5.41, 5.74) is 11.9. The van der Waals surface area contributed by atoms with Gasteiger partial charge in [-0.05, 0) is 48.7 Å². The predicted molar refractivity (Wildman–Crippen MR) is 145 cm³/mol. The predicted octanol–water partition coefficient (Wildman–Crippen LogP) is -1.60. The minimum Gasteiger partial charge on any atom is -0.508 e. The number of hydrogen-bond donors (Lipinski definition) is 9. The number of aliphatic hydroxyl groups excluding tert-OH is 1. The maximum absolute atomic E-state index is 13.5. The van der Waals surface area contributed by atoms with Gasteiger partial charge < -0.3 is 47.8 Å². The Balaban J connectivity index is 2.34. The second-order valence-corrected chi connectivity index (χ2v) is 9.53. The number of aliphatic carboxylic acids is 1. The lowest BCUT2D eigenvalue weighted by Gasteiger charge is -2.26. The van der Waals surface area contributed by atoms with E-state index in [0.717, 1.165) is 0 Å². The van der Waals surface area contributed by atoms with Crippen molar-refractivity contribution in [2.24, 2.45) is 11.5 Å². The highest BCUT2D eigenvalue weighted by Crippen LogP contribution is 2.14. The van der Waals surface area contributed by atoms with Crippen LogP contribution in [0.25, 0.3) is 0 Å². The van der Waals surface area contributed by atoms with Crippen molar-refractivity contribution in [3.63, 3.8) is 0 Å². The van der Waals surface area contributed by atoms with Gasteiger partial charge in [-0.3, -0.25) is 19.2 Å². The van der Waals surface area contributed by atoms with Crippen molar-refractivity contribution < 1.29 is 44.4 Å². The average Bonchev–Trinajstić information content (AvgIpc) is 2.91. The zero-order valence-electron chi connectivity index (χ0n) is 22.3. The van der Waals surface area contributed by atoms with Gasteiger partial charge in [0.05, 0.1) is 6.10 Å². The van der Waals surface area contributed by atoms with Crippen LogP contribution in [0.4, 0.5) is 0 Å². The van der Waals surface area contributed by atoms with Crippen LogP contribution in [0.15, 0.2) is 48.5 Å². The van der Waals surface area contributed by atoms with Crippen LogP contribution in [0.2, 0.25) is 0 Å². The fourth-order valence-electron chi connectivity index (χ4n) is 3.73. The molecule has 11 N–H and O–H groups in total. The summed E-state index contributed by atoms with van der Waals surface area (Å²) in [6.07, 6.45) is -2.04. The SMILES string of the molecule is CC(O)C(N)C(=O)NC(Cc1ccc(O)cc1)C(=O)NC(Cc1ccc(O)cc1)C(=O)NC(CCC(N)=O)C(=O)O. The van der Waals surface area contributed by atoms with Gasteiger partial charge >= 0.3 is 5.97 Å². The van der Waals surface area contributed by atoms with E-state index in [0.29, 0.717) is 11.1 Å². The van der Waals surface area contributed by atoms with E-state index < -0.39 is 59.9 Å². The van der Waals surface area contributed by atoms with Gasteiger partial charge in [-0.1, -0.05) is 24.3 Å². The molecular formula is C27H35N5O9. The number of hydrogen-bond acceptors (Lipinski definition) is 9. The quantitative estimate of drug-likeness (QED) is 0.118. The Hall–Kier alpha value is -4.69. The Labute approximate surface area is 235 Å². The summed E-state index contributed by atoms with van der Waals surface area (Å²) >= 11 is 0. The average molecular weight is 574 g/mol. The number of carboxylic acid groups (broad SMARTS) is 1. The summed E-state index contributed by atoms with van der Waals surface area (Å²) < 4.78 is 0. The summed E-state index contributed by atoms with van der Waals surface area (Å²) in [7, 11) is 0. The van der Waals surface area contributed by atoms with Crippen LogP contribution in [-0.2, 0) is 36.8 Å². The molecule has 222 valence electrons. The van der Waals surface area contributed by atoms with Crippen LogP contribution in [0.3, 0.4) is 0 Å². The standard InChI is InChI=1S/C27H35N5O9/c1-14(33)23(29)26(39)32-21(13-16-4-8-18(35)9-5-16)25(38)31-20(12-15-2-6-17(34)7-3-15)24(37)30-19(27(40)41)10-11-22(28)36/h2-9,14,19-21,23,33-35H,10-13,29H2,1H3,(H2,28,36)(H,30,37)(H,31,38)(H,32,39)(H,40,41). The van der Waals surface area contributed by atoms with E-state index in [2.05, 4.69) is 16.0 Å². The molecule has 4 amide bonds. The van der Waals surface area contributed by atoms with Gasteiger partial charge in [0.2, 0.25) is 23.6 Å². The van der Waals surface area contributed by atoms with E-state index >= 15 is 0 Å². The van der Waals surface area contributed by atoms with Crippen molar-refractivity contribution >= 4 is 29.6 Å². The molecule has 0 saturated carbocycles. The number of amides is 4. The van der Waals surface area contributed by atoms with E-state index in [1.165, 1.54) is 55.5 Å². The van der Waals surface area contributed by atoms with Gasteiger partial charge in [0.25, 0.3) is 0 Å². The maximum atomic E-state index is 13.5. The van der Waals surface area contributed by atoms with E-state index in [1.807, 2.05) is 0 Å². The maximum Gasteiger partial charge on any atom is 0.326 e. The van der Waals surface area contributed by atoms with Crippen LogP contribution in [0.5, 0.6) is 11.5 Å². The second kappa shape index (κ2) is 15.2. The Morgan fingerprint density at radius 3 is 1.49 bits per heavy atom. The number of primary amides is 1. The van der Waals surface area contributed by atoms with Crippen molar-refractivity contribution in [2.75, 3.05) is 0 Å². The van der Waals surface area contributed by atoms with Crippen molar-refractivity contribution in [1.82, 2.24) is 16.0 Å². The Morgan fingerprint density at radius 1 is 0.732 bits per heavy atom. The van der Waals surface area contributed by atoms with E-state index in [-0.39, 0.29) is 37.2 Å². The third-order valence-electron chi connectivity index (χ3n) is 6.13. The first kappa shape index (κ1) is 32.5. The largest absolute Gasteiger partial charge is 0.508 e. The molecule has 0 aliphatic rings. The van der Waals surface area contributed by atoms with Crippen LogP contribution in [-0.4, -0.2) is 80.3 Å². The Bertz CT molecular complexity index is 1220. The fraction of sp³-hybridized carbons (Fsp3) is 0.370. The zero-order valence-corrected chi connectivity index (χ0v) is 22.3. The van der Waals surface area contributed by atoms with Crippen LogP contribution in [0.1, 0.15) is 30.9 Å². The highest BCUT2D eigenvalue weighted by atomic mass is 16.4. The van der Waals surface area contributed by atoms with Crippen molar-refractivity contribution in [1.29, 1.82) is 0 Å². The Kier molecular flexibility index (Phi) is 12.0. The van der Waals surface area contributed by atoms with E-state index in [4.69, 9.17) is 11.5 Å². The molecule has 41 heavy (non-hydrogen) atoms. The normalized spacial score (nSPS) is 14.5. The molecule has 2 aromatic carbocycles.